The Morgan fingerprint density at radius 2 is 1.76 bits per heavy atom. The van der Waals surface area contributed by atoms with E-state index in [-0.39, 0.29) is 10.6 Å². The molecule has 6 nitrogen and oxygen atoms in total. The minimum absolute atomic E-state index is 0.0558. The average molecular weight is 424 g/mol. The van der Waals surface area contributed by atoms with Crippen LogP contribution < -0.4 is 5.84 Å². The molecule has 0 radical (unpaired) electrons. The largest absolute Gasteiger partial charge is 0.298 e. The van der Waals surface area contributed by atoms with E-state index in [1.807, 2.05) is 42.5 Å². The summed E-state index contributed by atoms with van der Waals surface area (Å²) in [6.07, 6.45) is 0.417. The molecule has 1 unspecified atom stereocenters. The second-order valence-corrected chi connectivity index (χ2v) is 6.96. The normalized spacial score (nSPS) is 18.0. The van der Waals surface area contributed by atoms with Gasteiger partial charge in [-0.1, -0.05) is 70.0 Å². The third-order valence-electron chi connectivity index (χ3n) is 4.00. The summed E-state index contributed by atoms with van der Waals surface area (Å²) in [6, 6.07) is 16.9. The molecule has 0 saturated heterocycles. The van der Waals surface area contributed by atoms with Gasteiger partial charge in [-0.25, -0.2) is 5.84 Å². The van der Waals surface area contributed by atoms with E-state index in [4.69, 9.17) is 17.4 Å². The van der Waals surface area contributed by atoms with E-state index < -0.39 is 4.95 Å². The molecule has 2 aromatic rings. The highest BCUT2D eigenvalue weighted by Crippen LogP contribution is 2.34. The van der Waals surface area contributed by atoms with E-state index in [0.29, 0.717) is 23.7 Å². The summed E-state index contributed by atoms with van der Waals surface area (Å²) >= 11 is 9.25. The van der Waals surface area contributed by atoms with Crippen LogP contribution in [0.3, 0.4) is 0 Å². The van der Waals surface area contributed by atoms with Crippen molar-refractivity contribution in [1.29, 1.82) is 0 Å². The molecule has 0 aromatic heterocycles. The van der Waals surface area contributed by atoms with Crippen LogP contribution in [-0.4, -0.2) is 20.0 Å². The molecule has 1 atom stereocenters. The van der Waals surface area contributed by atoms with Crippen molar-refractivity contribution in [2.24, 2.45) is 5.84 Å². The molecule has 0 bridgehead atoms. The first-order chi connectivity index (χ1) is 12.0. The molecule has 1 aliphatic rings. The minimum Gasteiger partial charge on any atom is -0.284 e. The topological polar surface area (TPSA) is 75.6 Å². The summed E-state index contributed by atoms with van der Waals surface area (Å²) in [6.45, 7) is 0.412. The zero-order valence-corrected chi connectivity index (χ0v) is 15.5. The number of hydrogen-bond donors (Lipinski definition) is 1. The second kappa shape index (κ2) is 7.53. The molecule has 0 saturated carbocycles. The van der Waals surface area contributed by atoms with E-state index in [2.05, 4.69) is 15.9 Å². The number of nitrogens with two attached hydrogens (primary N) is 1. The fourth-order valence-corrected chi connectivity index (χ4v) is 3.54. The van der Waals surface area contributed by atoms with Gasteiger partial charge in [0.2, 0.25) is 0 Å². The molecule has 0 amide bonds. The fraction of sp³-hybridized carbons (Fsp3) is 0.176. The van der Waals surface area contributed by atoms with Crippen molar-refractivity contribution >= 4 is 27.5 Å². The Labute approximate surface area is 158 Å². The van der Waals surface area contributed by atoms with Crippen LogP contribution in [0, 0.1) is 10.1 Å². The van der Waals surface area contributed by atoms with Gasteiger partial charge in [-0.3, -0.25) is 15.1 Å². The summed E-state index contributed by atoms with van der Waals surface area (Å²) in [4.78, 5) is 10.5. The van der Waals surface area contributed by atoms with E-state index in [1.54, 1.807) is 17.1 Å². The van der Waals surface area contributed by atoms with Gasteiger partial charge in [-0.15, -0.1) is 5.12 Å². The Morgan fingerprint density at radius 3 is 2.36 bits per heavy atom. The molecule has 2 aromatic carbocycles. The number of hydrazine groups is 2. The van der Waals surface area contributed by atoms with Crippen molar-refractivity contribution < 1.29 is 4.92 Å². The second-order valence-electron chi connectivity index (χ2n) is 5.65. The number of allylic oxidation sites excluding steroid dienone is 1. The smallest absolute Gasteiger partial charge is 0.284 e. The van der Waals surface area contributed by atoms with E-state index in [1.165, 1.54) is 5.12 Å². The molecule has 1 aliphatic heterocycles. The van der Waals surface area contributed by atoms with Crippen LogP contribution in [0.15, 0.2) is 66.0 Å². The van der Waals surface area contributed by atoms with Crippen LogP contribution in [-0.2, 0) is 13.0 Å². The predicted molar refractivity (Wildman–Crippen MR) is 99.9 cm³/mol. The van der Waals surface area contributed by atoms with Crippen LogP contribution in [0.4, 0.5) is 0 Å². The fourth-order valence-electron chi connectivity index (χ4n) is 2.76. The van der Waals surface area contributed by atoms with Crippen LogP contribution in [0.2, 0.25) is 5.02 Å². The Morgan fingerprint density at radius 1 is 1.12 bits per heavy atom. The highest BCUT2D eigenvalue weighted by molar-refractivity contribution is 9.09. The SMILES string of the molecule is NN1C(Br)C([N+](=O)[O-])=C(Cc2ccccc2)N1Cc1ccc(Cl)cc1. The molecule has 0 spiro atoms. The average Bonchev–Trinajstić information content (AvgIpc) is 2.82. The van der Waals surface area contributed by atoms with E-state index in [0.717, 1.165) is 11.1 Å². The molecule has 25 heavy (non-hydrogen) atoms. The number of benzene rings is 2. The number of halogens is 2. The molecular formula is C17H16BrClN4O2. The van der Waals surface area contributed by atoms with Gasteiger partial charge in [-0.05, 0) is 23.3 Å². The minimum atomic E-state index is -0.687. The summed E-state index contributed by atoms with van der Waals surface area (Å²) in [5.41, 5.74) is 2.55. The maximum atomic E-state index is 11.6. The van der Waals surface area contributed by atoms with Gasteiger partial charge < -0.3 is 0 Å². The van der Waals surface area contributed by atoms with Crippen molar-refractivity contribution in [2.75, 3.05) is 0 Å². The first-order valence-corrected chi connectivity index (χ1v) is 8.88. The van der Waals surface area contributed by atoms with Gasteiger partial charge >= 0.3 is 0 Å². The quantitative estimate of drug-likeness (QED) is 0.261. The van der Waals surface area contributed by atoms with E-state index >= 15 is 0 Å². The molecule has 0 fully saturated rings. The Bertz CT molecular complexity index is 798. The number of rotatable bonds is 5. The lowest BCUT2D eigenvalue weighted by Crippen LogP contribution is -2.45. The Balaban J connectivity index is 1.95. The summed E-state index contributed by atoms with van der Waals surface area (Å²) in [5, 5.41) is 15.3. The lowest BCUT2D eigenvalue weighted by molar-refractivity contribution is -0.428. The zero-order chi connectivity index (χ0) is 18.0. The number of alkyl halides is 1. The highest BCUT2D eigenvalue weighted by Gasteiger charge is 2.43. The van der Waals surface area contributed by atoms with Crippen molar-refractivity contribution in [3.63, 3.8) is 0 Å². The van der Waals surface area contributed by atoms with Crippen molar-refractivity contribution in [3.05, 3.63) is 92.3 Å². The molecule has 8 heteroatoms. The Kier molecular flexibility index (Phi) is 5.39. The first kappa shape index (κ1) is 17.9. The summed E-state index contributed by atoms with van der Waals surface area (Å²) in [5.74, 6) is 6.11. The van der Waals surface area contributed by atoms with E-state index in [9.17, 15) is 10.1 Å². The van der Waals surface area contributed by atoms with Gasteiger partial charge in [0.25, 0.3) is 5.70 Å². The van der Waals surface area contributed by atoms with Crippen molar-refractivity contribution in [3.8, 4) is 0 Å². The Hall–Kier alpha value is -1.93. The van der Waals surface area contributed by atoms with Gasteiger partial charge in [0.05, 0.1) is 11.5 Å². The third kappa shape index (κ3) is 3.85. The van der Waals surface area contributed by atoms with Crippen LogP contribution in [0.5, 0.6) is 0 Å². The molecule has 1 heterocycles. The monoisotopic (exact) mass is 422 g/mol. The molecule has 0 aliphatic carbocycles. The van der Waals surface area contributed by atoms with Gasteiger partial charge in [0.15, 0.2) is 4.95 Å². The molecule has 2 N–H and O–H groups in total. The van der Waals surface area contributed by atoms with Crippen molar-refractivity contribution in [2.45, 2.75) is 17.9 Å². The van der Waals surface area contributed by atoms with Gasteiger partial charge in [0, 0.05) is 11.4 Å². The first-order valence-electron chi connectivity index (χ1n) is 7.58. The molecule has 3 rings (SSSR count). The number of hydrogen-bond acceptors (Lipinski definition) is 5. The van der Waals surface area contributed by atoms with Crippen LogP contribution in [0.1, 0.15) is 11.1 Å². The lowest BCUT2D eigenvalue weighted by Gasteiger charge is -2.29. The van der Waals surface area contributed by atoms with Crippen molar-refractivity contribution in [1.82, 2.24) is 10.1 Å². The van der Waals surface area contributed by atoms with Gasteiger partial charge in [0.1, 0.15) is 5.70 Å². The number of nitrogens with zero attached hydrogens (tertiary/aromatic N) is 3. The highest BCUT2D eigenvalue weighted by atomic mass is 79.9. The maximum absolute atomic E-state index is 11.6. The number of nitro groups is 1. The lowest BCUT2D eigenvalue weighted by atomic mass is 10.1. The molecule has 130 valence electrons. The zero-order valence-electron chi connectivity index (χ0n) is 13.2. The molecular weight excluding hydrogens is 408 g/mol. The standard InChI is InChI=1S/C17H16BrClN4O2/c18-17-16(23(24)25)15(10-12-4-2-1-3-5-12)21(22(17)20)11-13-6-8-14(19)9-7-13/h1-9,17H,10-11,20H2. The summed E-state index contributed by atoms with van der Waals surface area (Å²) < 4.78 is 0. The maximum Gasteiger partial charge on any atom is 0.298 e. The van der Waals surface area contributed by atoms with Crippen LogP contribution in [0.25, 0.3) is 0 Å². The van der Waals surface area contributed by atoms with Crippen LogP contribution >= 0.6 is 27.5 Å². The van der Waals surface area contributed by atoms with Gasteiger partial charge in [-0.2, -0.15) is 0 Å². The third-order valence-corrected chi connectivity index (χ3v) is 5.11. The predicted octanol–water partition coefficient (Wildman–Crippen LogP) is 3.70. The summed E-state index contributed by atoms with van der Waals surface area (Å²) in [7, 11) is 0.